The maximum atomic E-state index is 13.6. The second kappa shape index (κ2) is 9.11. The first-order valence-corrected chi connectivity index (χ1v) is 12.8. The van der Waals surface area contributed by atoms with Gasteiger partial charge in [0, 0.05) is 43.2 Å². The molecule has 0 radical (unpaired) electrons. The molecule has 1 aromatic carbocycles. The number of hydrogen-bond acceptors (Lipinski definition) is 5. The summed E-state index contributed by atoms with van der Waals surface area (Å²) in [5.41, 5.74) is 1.95. The van der Waals surface area contributed by atoms with Crippen molar-refractivity contribution in [2.75, 3.05) is 31.1 Å². The number of anilines is 1. The quantitative estimate of drug-likeness (QED) is 0.564. The van der Waals surface area contributed by atoms with E-state index >= 15 is 0 Å². The van der Waals surface area contributed by atoms with Crippen molar-refractivity contribution in [2.45, 2.75) is 19.4 Å². The predicted molar refractivity (Wildman–Crippen MR) is 131 cm³/mol. The van der Waals surface area contributed by atoms with E-state index in [0.29, 0.717) is 26.2 Å². The average Bonchev–Trinajstić information content (AvgIpc) is 3.60. The largest absolute Gasteiger partial charge is 0.339 e. The third-order valence-corrected chi connectivity index (χ3v) is 8.20. The van der Waals surface area contributed by atoms with Crippen LogP contribution in [0.1, 0.15) is 32.6 Å². The fraction of sp³-hybridized carbons (Fsp3) is 0.320. The van der Waals surface area contributed by atoms with Gasteiger partial charge in [0.2, 0.25) is 11.8 Å². The summed E-state index contributed by atoms with van der Waals surface area (Å²) in [4.78, 5) is 46.6. The molecule has 0 unspecified atom stereocenters. The lowest BCUT2D eigenvalue weighted by molar-refractivity contribution is -0.138. The lowest BCUT2D eigenvalue weighted by Crippen LogP contribution is -2.52. The third-order valence-electron chi connectivity index (χ3n) is 6.40. The number of piperazine rings is 1. The van der Waals surface area contributed by atoms with E-state index in [2.05, 4.69) is 0 Å². The molecule has 0 spiro atoms. The van der Waals surface area contributed by atoms with Gasteiger partial charge in [-0.1, -0.05) is 29.8 Å². The van der Waals surface area contributed by atoms with Crippen molar-refractivity contribution in [3.8, 4) is 0 Å². The molecule has 2 aromatic heterocycles. The Morgan fingerprint density at radius 2 is 1.55 bits per heavy atom. The Labute approximate surface area is 201 Å². The van der Waals surface area contributed by atoms with Crippen LogP contribution >= 0.6 is 22.7 Å². The summed E-state index contributed by atoms with van der Waals surface area (Å²) < 4.78 is 0. The van der Waals surface area contributed by atoms with E-state index in [4.69, 9.17) is 0 Å². The van der Waals surface area contributed by atoms with E-state index in [1.54, 1.807) is 16.2 Å². The van der Waals surface area contributed by atoms with Gasteiger partial charge in [-0.3, -0.25) is 14.4 Å². The average molecular weight is 480 g/mol. The number of carbonyl (C=O) groups is 3. The van der Waals surface area contributed by atoms with Crippen LogP contribution < -0.4 is 4.90 Å². The molecule has 2 fully saturated rings. The van der Waals surface area contributed by atoms with Gasteiger partial charge < -0.3 is 14.7 Å². The molecule has 8 heteroatoms. The van der Waals surface area contributed by atoms with E-state index in [1.165, 1.54) is 11.3 Å². The molecule has 5 rings (SSSR count). The molecule has 3 aromatic rings. The second-order valence-corrected chi connectivity index (χ2v) is 10.4. The van der Waals surface area contributed by atoms with Crippen molar-refractivity contribution in [3.63, 3.8) is 0 Å². The van der Waals surface area contributed by atoms with E-state index in [1.807, 2.05) is 76.0 Å². The molecule has 0 bridgehead atoms. The summed E-state index contributed by atoms with van der Waals surface area (Å²) >= 11 is 3.01. The maximum absolute atomic E-state index is 13.6. The van der Waals surface area contributed by atoms with Gasteiger partial charge in [-0.15, -0.1) is 22.7 Å². The summed E-state index contributed by atoms with van der Waals surface area (Å²) in [5, 5.41) is 3.89. The third kappa shape index (κ3) is 4.20. The standard InChI is InChI=1S/C25H25N3O3S2/c1-17-6-8-18(9-7-17)28-22(29)16-19(23(28)20-4-2-14-32-20)24(30)26-10-12-27(13-11-26)25(31)21-5-3-15-33-21/h2-9,14-15,19,23H,10-13,16H2,1H3/t19-,23-/m0/s1. The minimum atomic E-state index is -0.433. The smallest absolute Gasteiger partial charge is 0.264 e. The SMILES string of the molecule is Cc1ccc(N2C(=O)C[C@H](C(=O)N3CCN(C(=O)c4cccs4)CC3)[C@H]2c2cccs2)cc1. The van der Waals surface area contributed by atoms with Gasteiger partial charge in [-0.05, 0) is 41.9 Å². The highest BCUT2D eigenvalue weighted by molar-refractivity contribution is 7.12. The zero-order valence-corrected chi connectivity index (χ0v) is 20.0. The molecule has 2 saturated heterocycles. The Kier molecular flexibility index (Phi) is 6.03. The van der Waals surface area contributed by atoms with Crippen molar-refractivity contribution >= 4 is 46.1 Å². The van der Waals surface area contributed by atoms with Crippen molar-refractivity contribution in [3.05, 3.63) is 74.6 Å². The Morgan fingerprint density at radius 1 is 0.879 bits per heavy atom. The number of carbonyl (C=O) groups excluding carboxylic acids is 3. The van der Waals surface area contributed by atoms with Crippen LogP contribution in [0.15, 0.2) is 59.3 Å². The topological polar surface area (TPSA) is 60.9 Å². The molecule has 2 atom stereocenters. The highest BCUT2D eigenvalue weighted by Gasteiger charge is 2.47. The van der Waals surface area contributed by atoms with Crippen molar-refractivity contribution in [2.24, 2.45) is 5.92 Å². The molecule has 170 valence electrons. The van der Waals surface area contributed by atoms with Crippen LogP contribution in [0.3, 0.4) is 0 Å². The number of amides is 3. The molecule has 0 N–H and O–H groups in total. The molecule has 33 heavy (non-hydrogen) atoms. The monoisotopic (exact) mass is 479 g/mol. The number of benzene rings is 1. The first-order valence-electron chi connectivity index (χ1n) is 11.1. The Balaban J connectivity index is 1.34. The molecule has 0 saturated carbocycles. The first-order chi connectivity index (χ1) is 16.0. The molecular weight excluding hydrogens is 454 g/mol. The Hall–Kier alpha value is -2.97. The van der Waals surface area contributed by atoms with Gasteiger partial charge in [0.15, 0.2) is 0 Å². The molecule has 0 aliphatic carbocycles. The minimum absolute atomic E-state index is 0.000385. The summed E-state index contributed by atoms with van der Waals surface area (Å²) in [6.45, 7) is 4.01. The highest BCUT2D eigenvalue weighted by atomic mass is 32.1. The van der Waals surface area contributed by atoms with Gasteiger partial charge in [0.05, 0.1) is 16.8 Å². The van der Waals surface area contributed by atoms with Gasteiger partial charge in [-0.25, -0.2) is 0 Å². The molecule has 3 amide bonds. The summed E-state index contributed by atoms with van der Waals surface area (Å²) in [7, 11) is 0. The fourth-order valence-corrected chi connectivity index (χ4v) is 6.24. The van der Waals surface area contributed by atoms with Crippen molar-refractivity contribution in [1.82, 2.24) is 9.80 Å². The number of thiophene rings is 2. The van der Waals surface area contributed by atoms with E-state index in [-0.39, 0.29) is 30.2 Å². The predicted octanol–water partition coefficient (Wildman–Crippen LogP) is 4.20. The Morgan fingerprint density at radius 3 is 2.18 bits per heavy atom. The highest BCUT2D eigenvalue weighted by Crippen LogP contribution is 2.43. The van der Waals surface area contributed by atoms with Crippen LogP contribution in [0.2, 0.25) is 0 Å². The summed E-state index contributed by atoms with van der Waals surface area (Å²) in [6.07, 6.45) is 0.198. The van der Waals surface area contributed by atoms with Gasteiger partial charge in [-0.2, -0.15) is 0 Å². The maximum Gasteiger partial charge on any atom is 0.264 e. The van der Waals surface area contributed by atoms with Crippen LogP contribution in [-0.4, -0.2) is 53.7 Å². The van der Waals surface area contributed by atoms with Crippen LogP contribution in [0, 0.1) is 12.8 Å². The summed E-state index contributed by atoms with van der Waals surface area (Å²) in [6, 6.07) is 15.3. The minimum Gasteiger partial charge on any atom is -0.339 e. The number of aryl methyl sites for hydroxylation is 1. The van der Waals surface area contributed by atoms with E-state index in [0.717, 1.165) is 21.0 Å². The zero-order valence-electron chi connectivity index (χ0n) is 18.3. The molecule has 2 aliphatic heterocycles. The zero-order chi connectivity index (χ0) is 22.9. The number of hydrogen-bond donors (Lipinski definition) is 0. The van der Waals surface area contributed by atoms with E-state index in [9.17, 15) is 14.4 Å². The van der Waals surface area contributed by atoms with Gasteiger partial charge >= 0.3 is 0 Å². The summed E-state index contributed by atoms with van der Waals surface area (Å²) in [5.74, 6) is -0.436. The van der Waals surface area contributed by atoms with Crippen LogP contribution in [-0.2, 0) is 9.59 Å². The lowest BCUT2D eigenvalue weighted by Gasteiger charge is -2.37. The normalized spacial score (nSPS) is 21.0. The molecule has 4 heterocycles. The molecule has 2 aliphatic rings. The fourth-order valence-electron chi connectivity index (χ4n) is 4.67. The molecular formula is C25H25N3O3S2. The molecule has 6 nitrogen and oxygen atoms in total. The second-order valence-electron chi connectivity index (χ2n) is 8.46. The van der Waals surface area contributed by atoms with Gasteiger partial charge in [0.25, 0.3) is 5.91 Å². The van der Waals surface area contributed by atoms with Gasteiger partial charge in [0.1, 0.15) is 0 Å². The first kappa shape index (κ1) is 21.9. The van der Waals surface area contributed by atoms with Crippen LogP contribution in [0.25, 0.3) is 0 Å². The van der Waals surface area contributed by atoms with Crippen LogP contribution in [0.5, 0.6) is 0 Å². The Bertz CT molecular complexity index is 1130. The van der Waals surface area contributed by atoms with Crippen LogP contribution in [0.4, 0.5) is 5.69 Å². The van der Waals surface area contributed by atoms with E-state index < -0.39 is 5.92 Å². The lowest BCUT2D eigenvalue weighted by atomic mass is 9.96. The number of nitrogens with zero attached hydrogens (tertiary/aromatic N) is 3. The number of rotatable bonds is 4. The van der Waals surface area contributed by atoms with Crippen molar-refractivity contribution < 1.29 is 14.4 Å². The van der Waals surface area contributed by atoms with Crippen molar-refractivity contribution in [1.29, 1.82) is 0 Å².